The van der Waals surface area contributed by atoms with E-state index in [4.69, 9.17) is 4.74 Å². The molecule has 2 aliphatic carbocycles. The SMILES string of the molecule is COC(=O)C12CCC(C(Br)C1=O)C2(C)C. The average molecular weight is 275 g/mol. The number of carbonyl (C=O) groups excluding carboxylic acids is 2. The maximum absolute atomic E-state index is 12.2. The van der Waals surface area contributed by atoms with Crippen LogP contribution in [0.3, 0.4) is 0 Å². The monoisotopic (exact) mass is 274 g/mol. The quantitative estimate of drug-likeness (QED) is 0.417. The van der Waals surface area contributed by atoms with Crippen LogP contribution in [-0.4, -0.2) is 23.7 Å². The molecule has 0 aromatic carbocycles. The molecule has 3 unspecified atom stereocenters. The minimum atomic E-state index is -0.902. The fourth-order valence-corrected chi connectivity index (χ4v) is 4.70. The average Bonchev–Trinajstić information content (AvgIpc) is 2.53. The van der Waals surface area contributed by atoms with Crippen molar-refractivity contribution in [3.63, 3.8) is 0 Å². The van der Waals surface area contributed by atoms with Crippen molar-refractivity contribution < 1.29 is 14.3 Å². The first-order chi connectivity index (χ1) is 6.89. The van der Waals surface area contributed by atoms with Gasteiger partial charge in [0.25, 0.3) is 0 Å². The van der Waals surface area contributed by atoms with Crippen LogP contribution in [-0.2, 0) is 14.3 Å². The van der Waals surface area contributed by atoms with E-state index in [-0.39, 0.29) is 27.9 Å². The van der Waals surface area contributed by atoms with Gasteiger partial charge in [0.1, 0.15) is 5.41 Å². The fraction of sp³-hybridized carbons (Fsp3) is 0.818. The van der Waals surface area contributed by atoms with Gasteiger partial charge in [0.05, 0.1) is 11.9 Å². The molecule has 0 N–H and O–H groups in total. The molecule has 3 atom stereocenters. The smallest absolute Gasteiger partial charge is 0.319 e. The van der Waals surface area contributed by atoms with Crippen molar-refractivity contribution in [2.24, 2.45) is 16.7 Å². The predicted octanol–water partition coefficient (Wildman–Crippen LogP) is 1.93. The zero-order chi connectivity index (χ0) is 11.4. The third-order valence-electron chi connectivity index (χ3n) is 4.42. The number of halogens is 1. The zero-order valence-electron chi connectivity index (χ0n) is 9.17. The highest BCUT2D eigenvalue weighted by molar-refractivity contribution is 9.10. The molecule has 2 fully saturated rings. The van der Waals surface area contributed by atoms with Crippen molar-refractivity contribution >= 4 is 27.7 Å². The summed E-state index contributed by atoms with van der Waals surface area (Å²) in [5.74, 6) is -0.0957. The number of ether oxygens (including phenoxy) is 1. The molecule has 0 aromatic rings. The normalized spacial score (nSPS) is 42.0. The molecule has 4 heteroatoms. The molecule has 3 nitrogen and oxygen atoms in total. The number of fused-ring (bicyclic) bond motifs is 2. The molecule has 0 spiro atoms. The topological polar surface area (TPSA) is 43.4 Å². The van der Waals surface area contributed by atoms with Gasteiger partial charge in [0.15, 0.2) is 5.78 Å². The molecular formula is C11H15BrO3. The summed E-state index contributed by atoms with van der Waals surface area (Å²) >= 11 is 3.41. The Bertz CT molecular complexity index is 337. The fourth-order valence-electron chi connectivity index (χ4n) is 3.38. The van der Waals surface area contributed by atoms with E-state index in [0.29, 0.717) is 6.42 Å². The van der Waals surface area contributed by atoms with Crippen LogP contribution in [0.15, 0.2) is 0 Å². The summed E-state index contributed by atoms with van der Waals surface area (Å²) in [5.41, 5.74) is -1.19. The van der Waals surface area contributed by atoms with Crippen molar-refractivity contribution in [2.45, 2.75) is 31.5 Å². The number of ketones is 1. The van der Waals surface area contributed by atoms with Gasteiger partial charge in [0.2, 0.25) is 0 Å². The summed E-state index contributed by atoms with van der Waals surface area (Å²) in [6.45, 7) is 4.00. The van der Waals surface area contributed by atoms with Crippen LogP contribution in [0.1, 0.15) is 26.7 Å². The van der Waals surface area contributed by atoms with Crippen LogP contribution < -0.4 is 0 Å². The Morgan fingerprint density at radius 3 is 2.53 bits per heavy atom. The van der Waals surface area contributed by atoms with E-state index >= 15 is 0 Å². The van der Waals surface area contributed by atoms with Gasteiger partial charge in [-0.2, -0.15) is 0 Å². The zero-order valence-corrected chi connectivity index (χ0v) is 10.8. The first kappa shape index (κ1) is 11.1. The van der Waals surface area contributed by atoms with Crippen LogP contribution in [0.2, 0.25) is 0 Å². The van der Waals surface area contributed by atoms with Crippen LogP contribution in [0.25, 0.3) is 0 Å². The number of alkyl halides is 1. The van der Waals surface area contributed by atoms with E-state index < -0.39 is 5.41 Å². The minimum absolute atomic E-state index is 0.00981. The Labute approximate surface area is 97.7 Å². The van der Waals surface area contributed by atoms with Crippen LogP contribution in [0.4, 0.5) is 0 Å². The molecule has 84 valence electrons. The van der Waals surface area contributed by atoms with Crippen molar-refractivity contribution in [2.75, 3.05) is 7.11 Å². The molecule has 2 saturated carbocycles. The summed E-state index contributed by atoms with van der Waals surface area (Å²) < 4.78 is 4.83. The molecule has 15 heavy (non-hydrogen) atoms. The molecule has 0 heterocycles. The summed E-state index contributed by atoms with van der Waals surface area (Å²) in [6, 6.07) is 0. The van der Waals surface area contributed by atoms with Gasteiger partial charge in [-0.3, -0.25) is 9.59 Å². The molecule has 0 aliphatic heterocycles. The molecule has 0 amide bonds. The van der Waals surface area contributed by atoms with Gasteiger partial charge in [-0.1, -0.05) is 29.8 Å². The lowest BCUT2D eigenvalue weighted by Gasteiger charge is -2.33. The number of hydrogen-bond acceptors (Lipinski definition) is 3. The Kier molecular flexibility index (Phi) is 2.27. The van der Waals surface area contributed by atoms with Gasteiger partial charge < -0.3 is 4.74 Å². The van der Waals surface area contributed by atoms with Gasteiger partial charge in [-0.15, -0.1) is 0 Å². The van der Waals surface area contributed by atoms with Crippen molar-refractivity contribution in [3.05, 3.63) is 0 Å². The summed E-state index contributed by atoms with van der Waals surface area (Å²) in [6.07, 6.45) is 1.56. The standard InChI is InChI=1S/C11H15BrO3/c1-10(2)6-4-5-11(10,9(14)15-3)8(13)7(6)12/h6-7H,4-5H2,1-3H3. The second-order valence-corrected chi connectivity index (χ2v) is 6.02. The molecular weight excluding hydrogens is 260 g/mol. The van der Waals surface area contributed by atoms with Gasteiger partial charge in [0, 0.05) is 0 Å². The summed E-state index contributed by atoms with van der Waals surface area (Å²) in [5, 5.41) is 0. The first-order valence-electron chi connectivity index (χ1n) is 5.16. The lowest BCUT2D eigenvalue weighted by Crippen LogP contribution is -2.45. The number of hydrogen-bond donors (Lipinski definition) is 0. The first-order valence-corrected chi connectivity index (χ1v) is 6.08. The molecule has 2 rings (SSSR count). The Balaban J connectivity index is 2.54. The largest absolute Gasteiger partial charge is 0.468 e. The molecule has 2 bridgehead atoms. The third-order valence-corrected chi connectivity index (χ3v) is 5.47. The number of carbonyl (C=O) groups is 2. The second-order valence-electron chi connectivity index (χ2n) is 5.03. The minimum Gasteiger partial charge on any atom is -0.468 e. The number of esters is 1. The highest BCUT2D eigenvalue weighted by Gasteiger charge is 2.72. The van der Waals surface area contributed by atoms with Gasteiger partial charge in [-0.25, -0.2) is 0 Å². The van der Waals surface area contributed by atoms with E-state index in [9.17, 15) is 9.59 Å². The van der Waals surface area contributed by atoms with E-state index in [1.165, 1.54) is 7.11 Å². The number of Topliss-reactive ketones (excluding diaryl/α,β-unsaturated/α-hetero) is 1. The second kappa shape index (κ2) is 3.06. The third kappa shape index (κ3) is 1.01. The lowest BCUT2D eigenvalue weighted by molar-refractivity contribution is -0.161. The maximum Gasteiger partial charge on any atom is 0.319 e. The van der Waals surface area contributed by atoms with Gasteiger partial charge >= 0.3 is 5.97 Å². The summed E-state index contributed by atoms with van der Waals surface area (Å²) in [4.78, 5) is 23.9. The lowest BCUT2D eigenvalue weighted by atomic mass is 9.69. The van der Waals surface area contributed by atoms with Crippen molar-refractivity contribution in [3.8, 4) is 0 Å². The molecule has 0 radical (unpaired) electrons. The van der Waals surface area contributed by atoms with Crippen molar-refractivity contribution in [1.29, 1.82) is 0 Å². The number of methoxy groups -OCH3 is 1. The van der Waals surface area contributed by atoms with Crippen LogP contribution in [0, 0.1) is 16.7 Å². The predicted molar refractivity (Wildman–Crippen MR) is 58.7 cm³/mol. The Morgan fingerprint density at radius 2 is 2.13 bits per heavy atom. The highest BCUT2D eigenvalue weighted by Crippen LogP contribution is 2.65. The molecule has 0 saturated heterocycles. The van der Waals surface area contributed by atoms with Crippen molar-refractivity contribution in [1.82, 2.24) is 0 Å². The van der Waals surface area contributed by atoms with Gasteiger partial charge in [-0.05, 0) is 24.2 Å². The number of rotatable bonds is 1. The maximum atomic E-state index is 12.2. The Morgan fingerprint density at radius 1 is 1.53 bits per heavy atom. The van der Waals surface area contributed by atoms with E-state index in [2.05, 4.69) is 15.9 Å². The van der Waals surface area contributed by atoms with E-state index in [0.717, 1.165) is 6.42 Å². The van der Waals surface area contributed by atoms with Crippen LogP contribution >= 0.6 is 15.9 Å². The molecule has 2 aliphatic rings. The highest BCUT2D eigenvalue weighted by atomic mass is 79.9. The van der Waals surface area contributed by atoms with E-state index in [1.807, 2.05) is 13.8 Å². The summed E-state index contributed by atoms with van der Waals surface area (Å²) in [7, 11) is 1.36. The Hall–Kier alpha value is -0.380. The molecule has 0 aromatic heterocycles. The van der Waals surface area contributed by atoms with E-state index in [1.54, 1.807) is 0 Å². The van der Waals surface area contributed by atoms with Crippen LogP contribution in [0.5, 0.6) is 0 Å².